The Labute approximate surface area is 374 Å². The van der Waals surface area contributed by atoms with E-state index in [-0.39, 0.29) is 21.7 Å². The van der Waals surface area contributed by atoms with Crippen LogP contribution < -0.4 is 0 Å². The van der Waals surface area contributed by atoms with Crippen molar-refractivity contribution in [2.45, 2.75) is 200 Å². The van der Waals surface area contributed by atoms with E-state index in [9.17, 15) is 0 Å². The van der Waals surface area contributed by atoms with Crippen molar-refractivity contribution in [1.82, 2.24) is 24.9 Å². The van der Waals surface area contributed by atoms with Crippen molar-refractivity contribution < 1.29 is 0 Å². The predicted molar refractivity (Wildman–Crippen MR) is 271 cm³/mol. The van der Waals surface area contributed by atoms with Crippen LogP contribution in [0.1, 0.15) is 201 Å². The summed E-state index contributed by atoms with van der Waals surface area (Å²) in [6.45, 7) is 52.7. The first-order chi connectivity index (χ1) is 28.0. The van der Waals surface area contributed by atoms with Crippen LogP contribution in [0, 0.1) is 0 Å². The van der Waals surface area contributed by atoms with Crippen molar-refractivity contribution in [1.29, 1.82) is 0 Å². The van der Waals surface area contributed by atoms with Gasteiger partial charge in [-0.1, -0.05) is 216 Å². The number of nitrogens with zero attached hydrogens (tertiary/aromatic N) is 5. The Bertz CT molecular complexity index is 1270. The first-order valence-electron chi connectivity index (χ1n) is 22.6. The molecule has 5 nitrogen and oxygen atoms in total. The van der Waals surface area contributed by atoms with Crippen molar-refractivity contribution in [3.63, 3.8) is 0 Å². The van der Waals surface area contributed by atoms with Gasteiger partial charge in [0.1, 0.15) is 6.33 Å². The fraction of sp³-hybridized carbons (Fsp3) is 0.545. The standard InChI is InChI=1S/C10H14.3C9H13N.C8H12N2.5C2H6/c1-10(2,3)9-7-5-4-6-8-9;1-9(2,3)8-4-6-10-7-5-8;1-9(2,3)8-5-4-6-10-7-8;1-9(2,3)8-6-4-5-7-10-8;1-8(2,3)7-4-9-6-10-5-7;5*1-2/h4-8H,1-3H3;3*4-7H,1-3H3;4-6H,1-3H3;5*1-2H3. The van der Waals surface area contributed by atoms with Gasteiger partial charge in [0, 0.05) is 54.5 Å². The molecule has 340 valence electrons. The molecule has 0 aliphatic rings. The van der Waals surface area contributed by atoms with Crippen LogP contribution in [-0.4, -0.2) is 24.9 Å². The highest BCUT2D eigenvalue weighted by Crippen LogP contribution is 2.22. The smallest absolute Gasteiger partial charge is 0.115 e. The molecule has 60 heavy (non-hydrogen) atoms. The Morgan fingerprint density at radius 3 is 0.900 bits per heavy atom. The van der Waals surface area contributed by atoms with Crippen LogP contribution in [0.5, 0.6) is 0 Å². The predicted octanol–water partition coefficient (Wildman–Crippen LogP) is 17.0. The van der Waals surface area contributed by atoms with Crippen molar-refractivity contribution >= 4 is 0 Å². The third-order valence-corrected chi connectivity index (χ3v) is 7.57. The number of benzene rings is 1. The second-order valence-corrected chi connectivity index (χ2v) is 17.4. The summed E-state index contributed by atoms with van der Waals surface area (Å²) in [6.07, 6.45) is 14.5. The van der Waals surface area contributed by atoms with Gasteiger partial charge in [0.2, 0.25) is 0 Å². The Morgan fingerprint density at radius 2 is 0.650 bits per heavy atom. The molecule has 0 saturated carbocycles. The lowest BCUT2D eigenvalue weighted by Gasteiger charge is -2.18. The zero-order chi connectivity index (χ0) is 48.1. The number of pyridine rings is 3. The lowest BCUT2D eigenvalue weighted by molar-refractivity contribution is 0.569. The molecule has 0 amide bonds. The molecule has 0 atom stereocenters. The molecule has 5 aromatic rings. The molecular formula is C55H95N5. The zero-order valence-corrected chi connectivity index (χ0v) is 43.8. The Kier molecular flexibility index (Phi) is 39.6. The van der Waals surface area contributed by atoms with Gasteiger partial charge in [0.05, 0.1) is 0 Å². The molecule has 0 aliphatic carbocycles. The van der Waals surface area contributed by atoms with Gasteiger partial charge in [-0.3, -0.25) is 15.0 Å². The lowest BCUT2D eigenvalue weighted by atomic mass is 9.87. The fourth-order valence-corrected chi connectivity index (χ4v) is 4.09. The monoisotopic (exact) mass is 826 g/mol. The summed E-state index contributed by atoms with van der Waals surface area (Å²) in [6, 6.07) is 24.8. The van der Waals surface area contributed by atoms with E-state index in [0.29, 0.717) is 5.41 Å². The molecule has 5 rings (SSSR count). The molecule has 0 spiro atoms. The first-order valence-corrected chi connectivity index (χ1v) is 22.6. The number of hydrogen-bond acceptors (Lipinski definition) is 5. The second kappa shape index (κ2) is 36.6. The quantitative estimate of drug-likeness (QED) is 0.156. The van der Waals surface area contributed by atoms with Gasteiger partial charge in [-0.15, -0.1) is 0 Å². The van der Waals surface area contributed by atoms with Crippen LogP contribution in [-0.2, 0) is 27.1 Å². The average Bonchev–Trinajstić information content (AvgIpc) is 3.25. The Morgan fingerprint density at radius 1 is 0.283 bits per heavy atom. The van der Waals surface area contributed by atoms with Gasteiger partial charge >= 0.3 is 0 Å². The summed E-state index contributed by atoms with van der Waals surface area (Å²) in [5.41, 5.74) is 7.47. The lowest BCUT2D eigenvalue weighted by Crippen LogP contribution is -2.12. The topological polar surface area (TPSA) is 64.5 Å². The highest BCUT2D eigenvalue weighted by molar-refractivity contribution is 5.22. The minimum absolute atomic E-state index is 0.168. The van der Waals surface area contributed by atoms with E-state index in [4.69, 9.17) is 0 Å². The molecule has 0 radical (unpaired) electrons. The minimum atomic E-state index is 0.168. The SMILES string of the molecule is CC.CC.CC.CC.CC.CC(C)(C)c1ccccc1.CC(C)(C)c1ccccn1.CC(C)(C)c1cccnc1.CC(C)(C)c1ccncc1.CC(C)(C)c1cncnc1. The second-order valence-electron chi connectivity index (χ2n) is 17.4. The fourth-order valence-electron chi connectivity index (χ4n) is 4.09. The van der Waals surface area contributed by atoms with E-state index >= 15 is 0 Å². The maximum absolute atomic E-state index is 4.25. The number of aromatic nitrogens is 5. The highest BCUT2D eigenvalue weighted by Gasteiger charge is 2.15. The number of rotatable bonds is 0. The zero-order valence-electron chi connectivity index (χ0n) is 43.8. The van der Waals surface area contributed by atoms with E-state index in [1.165, 1.54) is 22.3 Å². The third kappa shape index (κ3) is 34.6. The molecule has 5 heteroatoms. The van der Waals surface area contributed by atoms with Crippen LogP contribution in [0.25, 0.3) is 0 Å². The summed E-state index contributed by atoms with van der Waals surface area (Å²) < 4.78 is 0. The van der Waals surface area contributed by atoms with Gasteiger partial charge in [0.15, 0.2) is 0 Å². The number of hydrogen-bond donors (Lipinski definition) is 0. The van der Waals surface area contributed by atoms with Crippen LogP contribution >= 0.6 is 0 Å². The normalized spacial score (nSPS) is 10.1. The van der Waals surface area contributed by atoms with Gasteiger partial charge in [0.25, 0.3) is 0 Å². The first kappa shape index (κ1) is 64.9. The molecule has 0 aliphatic heterocycles. The molecular weight excluding hydrogens is 731 g/mol. The highest BCUT2D eigenvalue weighted by atomic mass is 14.8. The van der Waals surface area contributed by atoms with Crippen molar-refractivity contribution in [2.24, 2.45) is 0 Å². The van der Waals surface area contributed by atoms with E-state index in [0.717, 1.165) is 5.69 Å². The molecule has 0 N–H and O–H groups in total. The molecule has 4 aromatic heterocycles. The van der Waals surface area contributed by atoms with Crippen LogP contribution in [0.4, 0.5) is 0 Å². The molecule has 0 unspecified atom stereocenters. The Hall–Kier alpha value is -4.25. The molecule has 0 fully saturated rings. The van der Waals surface area contributed by atoms with Gasteiger partial charge in [-0.05, 0) is 74.2 Å². The summed E-state index contributed by atoms with van der Waals surface area (Å²) >= 11 is 0. The van der Waals surface area contributed by atoms with Crippen molar-refractivity contribution in [3.8, 4) is 0 Å². The summed E-state index contributed by atoms with van der Waals surface area (Å²) in [4.78, 5) is 20.1. The largest absolute Gasteiger partial charge is 0.265 e. The molecule has 4 heterocycles. The summed E-state index contributed by atoms with van der Waals surface area (Å²) in [5, 5.41) is 0. The minimum Gasteiger partial charge on any atom is -0.265 e. The average molecular weight is 826 g/mol. The molecule has 0 bridgehead atoms. The molecule has 1 aromatic carbocycles. The third-order valence-electron chi connectivity index (χ3n) is 7.57. The Balaban J connectivity index is -0.000000199. The van der Waals surface area contributed by atoms with Crippen LogP contribution in [0.3, 0.4) is 0 Å². The summed E-state index contributed by atoms with van der Waals surface area (Å²) in [5.74, 6) is 0. The molecule has 0 saturated heterocycles. The van der Waals surface area contributed by atoms with Gasteiger partial charge in [-0.25, -0.2) is 9.97 Å². The maximum atomic E-state index is 4.25. The van der Waals surface area contributed by atoms with Crippen LogP contribution in [0.15, 0.2) is 123 Å². The summed E-state index contributed by atoms with van der Waals surface area (Å²) in [7, 11) is 0. The van der Waals surface area contributed by atoms with E-state index < -0.39 is 0 Å². The van der Waals surface area contributed by atoms with Gasteiger partial charge < -0.3 is 0 Å². The van der Waals surface area contributed by atoms with Crippen molar-refractivity contribution in [3.05, 3.63) is 150 Å². The van der Waals surface area contributed by atoms with Crippen LogP contribution in [0.2, 0.25) is 0 Å². The van der Waals surface area contributed by atoms with Crippen molar-refractivity contribution in [2.75, 3.05) is 0 Å². The maximum Gasteiger partial charge on any atom is 0.115 e. The van der Waals surface area contributed by atoms with E-state index in [1.807, 2.05) is 125 Å². The van der Waals surface area contributed by atoms with E-state index in [2.05, 4.69) is 183 Å². The van der Waals surface area contributed by atoms with Gasteiger partial charge in [-0.2, -0.15) is 0 Å². The van der Waals surface area contributed by atoms with E-state index in [1.54, 1.807) is 12.5 Å².